The predicted molar refractivity (Wildman–Crippen MR) is 211 cm³/mol. The van der Waals surface area contributed by atoms with Gasteiger partial charge >= 0.3 is 300 Å². The fourth-order valence-electron chi connectivity index (χ4n) is 7.71. The molecule has 0 saturated carbocycles. The van der Waals surface area contributed by atoms with Gasteiger partial charge in [0.15, 0.2) is 0 Å². The molecular formula is C45H27N5Se. The molecule has 0 amide bonds. The number of para-hydroxylation sites is 4. The Bertz CT molecular complexity index is 2920. The molecule has 0 aliphatic carbocycles. The summed E-state index contributed by atoms with van der Waals surface area (Å²) in [4.78, 5) is 15.2. The Morgan fingerprint density at radius 1 is 0.412 bits per heavy atom. The monoisotopic (exact) mass is 717 g/mol. The van der Waals surface area contributed by atoms with E-state index in [-0.39, 0.29) is 14.5 Å². The molecule has 0 radical (unpaired) electrons. The molecule has 0 unspecified atom stereocenters. The maximum absolute atomic E-state index is 5.26. The molecule has 6 heteroatoms. The van der Waals surface area contributed by atoms with E-state index < -0.39 is 0 Å². The average molecular weight is 717 g/mol. The number of fused-ring (bicyclic) bond motifs is 9. The first kappa shape index (κ1) is 28.5. The van der Waals surface area contributed by atoms with E-state index in [9.17, 15) is 0 Å². The minimum absolute atomic E-state index is 0.0993. The van der Waals surface area contributed by atoms with Crippen molar-refractivity contribution in [3.05, 3.63) is 164 Å². The molecule has 5 aromatic heterocycles. The summed E-state index contributed by atoms with van der Waals surface area (Å²) in [6.45, 7) is 0. The molecule has 11 aromatic rings. The molecule has 0 atom stereocenters. The molecule has 0 aliphatic rings. The van der Waals surface area contributed by atoms with Crippen LogP contribution in [0.25, 0.3) is 97.1 Å². The molecule has 0 bridgehead atoms. The van der Waals surface area contributed by atoms with E-state index in [0.717, 1.165) is 50.4 Å². The topological polar surface area (TPSA) is 48.5 Å². The SMILES string of the molecule is c1ccc(-n2c3ccccc3c3ccc(-c4cc5c(cn4)[se]c4cnc(-c6ccc7c8ccccc8n(-c8ccccc8)c7c6)nc45)cc32)cc1. The second kappa shape index (κ2) is 11.1. The maximum atomic E-state index is 5.26. The van der Waals surface area contributed by atoms with Gasteiger partial charge in [-0.3, -0.25) is 0 Å². The van der Waals surface area contributed by atoms with Gasteiger partial charge in [-0.2, -0.15) is 0 Å². The van der Waals surface area contributed by atoms with Gasteiger partial charge in [-0.05, 0) is 0 Å². The Hall–Kier alpha value is -6.33. The summed E-state index contributed by atoms with van der Waals surface area (Å²) in [5.41, 5.74) is 11.0. The number of hydrogen-bond donors (Lipinski definition) is 0. The molecule has 11 rings (SSSR count). The number of rotatable bonds is 4. The minimum atomic E-state index is 0.0993. The molecule has 0 saturated heterocycles. The van der Waals surface area contributed by atoms with Gasteiger partial charge in [-0.1, -0.05) is 0 Å². The van der Waals surface area contributed by atoms with E-state index in [0.29, 0.717) is 0 Å². The van der Waals surface area contributed by atoms with Crippen LogP contribution in [-0.4, -0.2) is 38.6 Å². The van der Waals surface area contributed by atoms with Crippen LogP contribution in [0.15, 0.2) is 164 Å². The summed E-state index contributed by atoms with van der Waals surface area (Å²) >= 11 is 0.0993. The second-order valence-electron chi connectivity index (χ2n) is 12.9. The van der Waals surface area contributed by atoms with Crippen molar-refractivity contribution in [2.75, 3.05) is 0 Å². The second-order valence-corrected chi connectivity index (χ2v) is 15.2. The number of benzene rings is 6. The summed E-state index contributed by atoms with van der Waals surface area (Å²) in [5, 5.41) is 6.08. The molecule has 5 nitrogen and oxygen atoms in total. The van der Waals surface area contributed by atoms with E-state index in [1.807, 2.05) is 12.4 Å². The van der Waals surface area contributed by atoms with Gasteiger partial charge in [-0.15, -0.1) is 0 Å². The molecule has 6 aromatic carbocycles. The first-order valence-corrected chi connectivity index (χ1v) is 18.7. The van der Waals surface area contributed by atoms with Crippen LogP contribution in [0.1, 0.15) is 0 Å². The zero-order chi connectivity index (χ0) is 33.5. The fraction of sp³-hybridized carbons (Fsp3) is 0. The summed E-state index contributed by atoms with van der Waals surface area (Å²) in [6.07, 6.45) is 4.08. The van der Waals surface area contributed by atoms with Crippen LogP contribution in [0, 0.1) is 0 Å². The van der Waals surface area contributed by atoms with Crippen molar-refractivity contribution in [1.29, 1.82) is 0 Å². The first-order chi connectivity index (χ1) is 25.3. The summed E-state index contributed by atoms with van der Waals surface area (Å²) < 4.78 is 7.13. The van der Waals surface area contributed by atoms with Crippen molar-refractivity contribution in [3.8, 4) is 34.0 Å². The summed E-state index contributed by atoms with van der Waals surface area (Å²) in [5.74, 6) is 0.733. The first-order valence-electron chi connectivity index (χ1n) is 17.0. The molecule has 0 aliphatic heterocycles. The van der Waals surface area contributed by atoms with Crippen molar-refractivity contribution in [1.82, 2.24) is 24.1 Å². The van der Waals surface area contributed by atoms with Crippen molar-refractivity contribution < 1.29 is 0 Å². The average Bonchev–Trinajstić information content (AvgIpc) is 3.85. The zero-order valence-corrected chi connectivity index (χ0v) is 28.9. The van der Waals surface area contributed by atoms with Crippen LogP contribution in [0.5, 0.6) is 0 Å². The summed E-state index contributed by atoms with van der Waals surface area (Å²) in [6, 6.07) is 54.0. The van der Waals surface area contributed by atoms with Gasteiger partial charge in [0.05, 0.1) is 0 Å². The van der Waals surface area contributed by atoms with Crippen molar-refractivity contribution in [2.45, 2.75) is 0 Å². The van der Waals surface area contributed by atoms with E-state index in [4.69, 9.17) is 15.0 Å². The van der Waals surface area contributed by atoms with Crippen LogP contribution in [0.3, 0.4) is 0 Å². The van der Waals surface area contributed by atoms with Gasteiger partial charge in [0.2, 0.25) is 0 Å². The molecular weight excluding hydrogens is 689 g/mol. The molecule has 51 heavy (non-hydrogen) atoms. The van der Waals surface area contributed by atoms with Crippen LogP contribution in [0.2, 0.25) is 0 Å². The van der Waals surface area contributed by atoms with Gasteiger partial charge in [0.1, 0.15) is 0 Å². The Balaban J connectivity index is 1.07. The Morgan fingerprint density at radius 3 is 1.59 bits per heavy atom. The standard InChI is InChI=1S/C45H27N5Se/c1-3-11-30(12-4-1)49-38-17-9-7-15-32(38)34-21-19-28(23-40(34)49)37-25-36-42(26-46-37)51-43-27-47-45(48-44(36)43)29-20-22-35-33-16-8-10-18-39(33)50(41(35)24-29)31-13-5-2-6-14-31/h1-27H. The van der Waals surface area contributed by atoms with Crippen molar-refractivity contribution >= 4 is 77.5 Å². The van der Waals surface area contributed by atoms with E-state index in [2.05, 4.69) is 161 Å². The van der Waals surface area contributed by atoms with E-state index >= 15 is 0 Å². The van der Waals surface area contributed by atoms with Crippen LogP contribution in [0.4, 0.5) is 0 Å². The normalized spacial score (nSPS) is 11.9. The summed E-state index contributed by atoms with van der Waals surface area (Å²) in [7, 11) is 0. The third-order valence-corrected chi connectivity index (χ3v) is 12.3. The van der Waals surface area contributed by atoms with Gasteiger partial charge in [-0.25, -0.2) is 0 Å². The van der Waals surface area contributed by atoms with Crippen molar-refractivity contribution in [2.24, 2.45) is 0 Å². The predicted octanol–water partition coefficient (Wildman–Crippen LogP) is 10.8. The molecule has 5 heterocycles. The van der Waals surface area contributed by atoms with Gasteiger partial charge in [0, 0.05) is 0 Å². The number of pyridine rings is 1. The Morgan fingerprint density at radius 2 is 0.941 bits per heavy atom. The van der Waals surface area contributed by atoms with Crippen molar-refractivity contribution in [3.63, 3.8) is 0 Å². The number of hydrogen-bond acceptors (Lipinski definition) is 3. The molecule has 0 fully saturated rings. The number of aromatic nitrogens is 5. The van der Waals surface area contributed by atoms with Gasteiger partial charge < -0.3 is 0 Å². The molecule has 238 valence electrons. The van der Waals surface area contributed by atoms with Gasteiger partial charge in [0.25, 0.3) is 0 Å². The Kier molecular flexibility index (Phi) is 6.20. The third kappa shape index (κ3) is 4.37. The molecule has 0 spiro atoms. The van der Waals surface area contributed by atoms with Crippen LogP contribution >= 0.6 is 0 Å². The number of nitrogens with zero attached hydrogens (tertiary/aromatic N) is 5. The Labute approximate surface area is 298 Å². The van der Waals surface area contributed by atoms with Crippen LogP contribution < -0.4 is 0 Å². The fourth-order valence-corrected chi connectivity index (χ4v) is 9.74. The van der Waals surface area contributed by atoms with E-state index in [1.54, 1.807) is 0 Å². The zero-order valence-electron chi connectivity index (χ0n) is 27.2. The van der Waals surface area contributed by atoms with E-state index in [1.165, 1.54) is 46.6 Å². The van der Waals surface area contributed by atoms with Crippen LogP contribution in [-0.2, 0) is 0 Å². The quantitative estimate of drug-likeness (QED) is 0.170. The third-order valence-electron chi connectivity index (χ3n) is 10.0. The molecule has 0 N–H and O–H groups in total.